The number of rotatable bonds is 5. The molecular formula is C17H22N4. The molecular weight excluding hydrogens is 260 g/mol. The zero-order chi connectivity index (χ0) is 14.8. The van der Waals surface area contributed by atoms with E-state index in [2.05, 4.69) is 53.1 Å². The van der Waals surface area contributed by atoms with Crippen molar-refractivity contribution in [1.29, 1.82) is 0 Å². The second-order valence-corrected chi connectivity index (χ2v) is 5.74. The first-order chi connectivity index (χ1) is 10.1. The average molecular weight is 282 g/mol. The van der Waals surface area contributed by atoms with Crippen molar-refractivity contribution in [3.05, 3.63) is 54.0 Å². The van der Waals surface area contributed by atoms with E-state index in [1.807, 2.05) is 17.9 Å². The Morgan fingerprint density at radius 1 is 1.24 bits per heavy atom. The fourth-order valence-electron chi connectivity index (χ4n) is 2.92. The predicted octanol–water partition coefficient (Wildman–Crippen LogP) is 2.51. The zero-order valence-corrected chi connectivity index (χ0v) is 12.7. The van der Waals surface area contributed by atoms with Gasteiger partial charge in [0.2, 0.25) is 0 Å². The van der Waals surface area contributed by atoms with Gasteiger partial charge in [-0.05, 0) is 36.4 Å². The molecule has 2 aromatic heterocycles. The van der Waals surface area contributed by atoms with Crippen molar-refractivity contribution in [3.8, 4) is 0 Å². The van der Waals surface area contributed by atoms with Crippen molar-refractivity contribution in [2.24, 2.45) is 12.8 Å². The molecule has 110 valence electrons. The van der Waals surface area contributed by atoms with E-state index in [0.717, 1.165) is 19.4 Å². The van der Waals surface area contributed by atoms with Crippen LogP contribution in [0.3, 0.4) is 0 Å². The van der Waals surface area contributed by atoms with Gasteiger partial charge in [-0.15, -0.1) is 0 Å². The van der Waals surface area contributed by atoms with Crippen molar-refractivity contribution in [2.75, 3.05) is 0 Å². The SMILES string of the molecule is CC(N)Cc1cccc2ccn(CCc3ccnn3C)c12. The zero-order valence-electron chi connectivity index (χ0n) is 12.7. The summed E-state index contributed by atoms with van der Waals surface area (Å²) in [5, 5.41) is 5.52. The van der Waals surface area contributed by atoms with E-state index in [0.29, 0.717) is 0 Å². The summed E-state index contributed by atoms with van der Waals surface area (Å²) >= 11 is 0. The Morgan fingerprint density at radius 3 is 2.81 bits per heavy atom. The maximum atomic E-state index is 5.98. The van der Waals surface area contributed by atoms with Crippen LogP contribution in [-0.2, 0) is 26.4 Å². The molecule has 1 aromatic carbocycles. The molecule has 2 N–H and O–H groups in total. The quantitative estimate of drug-likeness (QED) is 0.781. The number of aromatic nitrogens is 3. The molecule has 0 saturated heterocycles. The minimum Gasteiger partial charge on any atom is -0.347 e. The molecule has 4 heteroatoms. The molecule has 21 heavy (non-hydrogen) atoms. The second kappa shape index (κ2) is 5.74. The van der Waals surface area contributed by atoms with Crippen LogP contribution in [0.1, 0.15) is 18.2 Å². The van der Waals surface area contributed by atoms with Gasteiger partial charge >= 0.3 is 0 Å². The number of nitrogens with two attached hydrogens (primary N) is 1. The van der Waals surface area contributed by atoms with Crippen molar-refractivity contribution < 1.29 is 0 Å². The largest absolute Gasteiger partial charge is 0.347 e. The number of hydrogen-bond acceptors (Lipinski definition) is 2. The molecule has 0 aliphatic heterocycles. The topological polar surface area (TPSA) is 48.8 Å². The Bertz CT molecular complexity index is 736. The van der Waals surface area contributed by atoms with Crippen molar-refractivity contribution in [3.63, 3.8) is 0 Å². The van der Waals surface area contributed by atoms with E-state index in [1.54, 1.807) is 0 Å². The maximum absolute atomic E-state index is 5.98. The molecule has 3 rings (SSSR count). The highest BCUT2D eigenvalue weighted by atomic mass is 15.3. The van der Waals surface area contributed by atoms with Gasteiger partial charge in [0, 0.05) is 44.1 Å². The molecule has 0 radical (unpaired) electrons. The summed E-state index contributed by atoms with van der Waals surface area (Å²) in [6.07, 6.45) is 5.91. The lowest BCUT2D eigenvalue weighted by molar-refractivity contribution is 0.646. The Labute approximate surface area is 125 Å². The minimum absolute atomic E-state index is 0.177. The van der Waals surface area contributed by atoms with Crippen molar-refractivity contribution in [1.82, 2.24) is 14.3 Å². The van der Waals surface area contributed by atoms with Crippen molar-refractivity contribution >= 4 is 10.9 Å². The molecule has 0 spiro atoms. The molecule has 0 aliphatic rings. The van der Waals surface area contributed by atoms with Crippen LogP contribution in [0.2, 0.25) is 0 Å². The van der Waals surface area contributed by atoms with E-state index in [9.17, 15) is 0 Å². The van der Waals surface area contributed by atoms with Gasteiger partial charge in [-0.3, -0.25) is 4.68 Å². The lowest BCUT2D eigenvalue weighted by Gasteiger charge is -2.12. The first kappa shape index (κ1) is 13.9. The van der Waals surface area contributed by atoms with Gasteiger partial charge in [0.05, 0.1) is 5.52 Å². The summed E-state index contributed by atoms with van der Waals surface area (Å²) in [6, 6.07) is 10.9. The van der Waals surface area contributed by atoms with Gasteiger partial charge in [-0.25, -0.2) is 0 Å². The molecule has 0 bridgehead atoms. The summed E-state index contributed by atoms with van der Waals surface area (Å²) in [6.45, 7) is 3.01. The third-order valence-corrected chi connectivity index (χ3v) is 3.95. The first-order valence-electron chi connectivity index (χ1n) is 7.44. The average Bonchev–Trinajstić information content (AvgIpc) is 3.03. The molecule has 0 aliphatic carbocycles. The van der Waals surface area contributed by atoms with E-state index in [-0.39, 0.29) is 6.04 Å². The number of fused-ring (bicyclic) bond motifs is 1. The van der Waals surface area contributed by atoms with E-state index >= 15 is 0 Å². The third kappa shape index (κ3) is 2.85. The van der Waals surface area contributed by atoms with Crippen LogP contribution in [0, 0.1) is 0 Å². The lowest BCUT2D eigenvalue weighted by atomic mass is 10.0. The monoisotopic (exact) mass is 282 g/mol. The summed E-state index contributed by atoms with van der Waals surface area (Å²) in [5.74, 6) is 0. The third-order valence-electron chi connectivity index (χ3n) is 3.95. The summed E-state index contributed by atoms with van der Waals surface area (Å²) < 4.78 is 4.27. The highest BCUT2D eigenvalue weighted by Crippen LogP contribution is 2.22. The van der Waals surface area contributed by atoms with Gasteiger partial charge < -0.3 is 10.3 Å². The summed E-state index contributed by atoms with van der Waals surface area (Å²) in [5.41, 5.74) is 9.88. The van der Waals surface area contributed by atoms with Crippen LogP contribution in [-0.4, -0.2) is 20.4 Å². The van der Waals surface area contributed by atoms with Crippen LogP contribution in [0.4, 0.5) is 0 Å². The standard InChI is InChI=1S/C17H22N4/c1-13(18)12-15-5-3-4-14-7-10-21(17(14)15)11-8-16-6-9-19-20(16)2/h3-7,9-10,13H,8,11-12,18H2,1-2H3. The smallest absolute Gasteiger partial charge is 0.0513 e. The van der Waals surface area contributed by atoms with Crippen LogP contribution in [0.25, 0.3) is 10.9 Å². The molecule has 2 heterocycles. The first-order valence-corrected chi connectivity index (χ1v) is 7.44. The molecule has 1 unspecified atom stereocenters. The Balaban J connectivity index is 1.90. The Morgan fingerprint density at radius 2 is 2.10 bits per heavy atom. The van der Waals surface area contributed by atoms with Crippen LogP contribution >= 0.6 is 0 Å². The van der Waals surface area contributed by atoms with Gasteiger partial charge in [-0.1, -0.05) is 18.2 Å². The van der Waals surface area contributed by atoms with Gasteiger partial charge in [-0.2, -0.15) is 5.10 Å². The maximum Gasteiger partial charge on any atom is 0.0513 e. The predicted molar refractivity (Wildman–Crippen MR) is 86.2 cm³/mol. The number of nitrogens with zero attached hydrogens (tertiary/aromatic N) is 3. The number of benzene rings is 1. The van der Waals surface area contributed by atoms with Gasteiger partial charge in [0.15, 0.2) is 0 Å². The van der Waals surface area contributed by atoms with Gasteiger partial charge in [0.1, 0.15) is 0 Å². The number of para-hydroxylation sites is 1. The van der Waals surface area contributed by atoms with E-state index in [4.69, 9.17) is 5.73 Å². The summed E-state index contributed by atoms with van der Waals surface area (Å²) in [7, 11) is 1.99. The van der Waals surface area contributed by atoms with E-state index < -0.39 is 0 Å². The molecule has 0 fully saturated rings. The fraction of sp³-hybridized carbons (Fsp3) is 0.353. The fourth-order valence-corrected chi connectivity index (χ4v) is 2.92. The highest BCUT2D eigenvalue weighted by Gasteiger charge is 2.09. The van der Waals surface area contributed by atoms with Crippen LogP contribution < -0.4 is 5.73 Å². The summed E-state index contributed by atoms with van der Waals surface area (Å²) in [4.78, 5) is 0. The van der Waals surface area contributed by atoms with E-state index in [1.165, 1.54) is 22.2 Å². The molecule has 1 atom stereocenters. The van der Waals surface area contributed by atoms with Crippen LogP contribution in [0.5, 0.6) is 0 Å². The molecule has 0 saturated carbocycles. The molecule has 4 nitrogen and oxygen atoms in total. The normalized spacial score (nSPS) is 12.9. The number of hydrogen-bond donors (Lipinski definition) is 1. The number of aryl methyl sites for hydroxylation is 3. The second-order valence-electron chi connectivity index (χ2n) is 5.74. The van der Waals surface area contributed by atoms with Gasteiger partial charge in [0.25, 0.3) is 0 Å². The lowest BCUT2D eigenvalue weighted by Crippen LogP contribution is -2.18. The molecule has 3 aromatic rings. The Kier molecular flexibility index (Phi) is 3.80. The highest BCUT2D eigenvalue weighted by molar-refractivity contribution is 5.83. The Hall–Kier alpha value is -2.07. The van der Waals surface area contributed by atoms with Crippen LogP contribution in [0.15, 0.2) is 42.7 Å². The minimum atomic E-state index is 0.177. The molecule has 0 amide bonds. The van der Waals surface area contributed by atoms with Crippen molar-refractivity contribution in [2.45, 2.75) is 32.4 Å².